The molecule has 9 heteroatoms. The highest BCUT2D eigenvalue weighted by atomic mass is 35.5. The molecule has 1 aliphatic heterocycles. The van der Waals surface area contributed by atoms with Crippen LogP contribution >= 0.6 is 34.3 Å². The number of rotatable bonds is 3. The van der Waals surface area contributed by atoms with Crippen LogP contribution in [0.15, 0.2) is 11.6 Å². The minimum absolute atomic E-state index is 0.0693. The topological polar surface area (TPSA) is 69.6 Å². The summed E-state index contributed by atoms with van der Waals surface area (Å²) in [6, 6.07) is 0. The van der Waals surface area contributed by atoms with Gasteiger partial charge in [-0.05, 0) is 0 Å². The van der Waals surface area contributed by atoms with Crippen LogP contribution in [0.1, 0.15) is 9.67 Å². The molecule has 3 heterocycles. The zero-order chi connectivity index (χ0) is 14.1. The Morgan fingerprint density at radius 2 is 1.90 bits per heavy atom. The first-order valence-corrected chi connectivity index (χ1v) is 8.01. The van der Waals surface area contributed by atoms with Gasteiger partial charge in [0.15, 0.2) is 20.3 Å². The summed E-state index contributed by atoms with van der Waals surface area (Å²) in [5.74, 6) is -1.03. The van der Waals surface area contributed by atoms with Gasteiger partial charge in [-0.25, -0.2) is 14.8 Å². The fourth-order valence-electron chi connectivity index (χ4n) is 2.02. The van der Waals surface area contributed by atoms with E-state index >= 15 is 0 Å². The highest BCUT2D eigenvalue weighted by Gasteiger charge is 2.23. The Balaban J connectivity index is 1.69. The maximum Gasteiger partial charge on any atom is 0.349 e. The van der Waals surface area contributed by atoms with Crippen LogP contribution in [0, 0.1) is 0 Å². The second-order valence-electron chi connectivity index (χ2n) is 4.21. The Hall–Kier alpha value is -1.38. The third-order valence-electron chi connectivity index (χ3n) is 3.01. The average molecular weight is 331 g/mol. The van der Waals surface area contributed by atoms with Gasteiger partial charge in [0.05, 0.1) is 0 Å². The van der Waals surface area contributed by atoms with E-state index < -0.39 is 5.97 Å². The monoisotopic (exact) mass is 330 g/mol. The Bertz CT molecular complexity index is 608. The number of carboxylic acid groups (broad SMARTS) is 1. The molecule has 1 N–H and O–H groups in total. The van der Waals surface area contributed by atoms with Crippen LogP contribution in [0.3, 0.4) is 0 Å². The van der Waals surface area contributed by atoms with Crippen molar-refractivity contribution in [1.29, 1.82) is 0 Å². The summed E-state index contributed by atoms with van der Waals surface area (Å²) in [5.41, 5.74) is 0. The molecule has 0 saturated carbocycles. The number of hydrogen-bond acceptors (Lipinski definition) is 7. The molecule has 1 aliphatic rings. The van der Waals surface area contributed by atoms with E-state index in [1.54, 1.807) is 17.5 Å². The lowest BCUT2D eigenvalue weighted by atomic mass is 10.3. The fraction of sp³-hybridized carbons (Fsp3) is 0.364. The van der Waals surface area contributed by atoms with Crippen LogP contribution in [-0.2, 0) is 0 Å². The molecule has 6 nitrogen and oxygen atoms in total. The summed E-state index contributed by atoms with van der Waals surface area (Å²) in [6.07, 6.45) is 1.80. The maximum absolute atomic E-state index is 11.0. The van der Waals surface area contributed by atoms with E-state index in [-0.39, 0.29) is 10.0 Å². The molecular weight excluding hydrogens is 320 g/mol. The molecule has 106 valence electrons. The molecule has 2 aromatic rings. The summed E-state index contributed by atoms with van der Waals surface area (Å²) in [6.45, 7) is 3.24. The quantitative estimate of drug-likeness (QED) is 0.931. The van der Waals surface area contributed by atoms with Gasteiger partial charge in [-0.2, -0.15) is 0 Å². The normalized spacial score (nSPS) is 15.7. The smallest absolute Gasteiger partial charge is 0.349 e. The zero-order valence-electron chi connectivity index (χ0n) is 10.3. The van der Waals surface area contributed by atoms with E-state index in [0.29, 0.717) is 5.13 Å². The number of aromatic carboxylic acids is 1. The third-order valence-corrected chi connectivity index (χ3v) is 5.33. The van der Waals surface area contributed by atoms with Gasteiger partial charge < -0.3 is 14.9 Å². The van der Waals surface area contributed by atoms with Gasteiger partial charge in [0.2, 0.25) is 0 Å². The van der Waals surface area contributed by atoms with Gasteiger partial charge in [-0.15, -0.1) is 11.3 Å². The average Bonchev–Trinajstić information content (AvgIpc) is 3.08. The number of piperazine rings is 1. The molecule has 0 aliphatic carbocycles. The molecule has 0 bridgehead atoms. The van der Waals surface area contributed by atoms with Gasteiger partial charge in [0.1, 0.15) is 0 Å². The number of carbonyl (C=O) groups is 1. The lowest BCUT2D eigenvalue weighted by molar-refractivity contribution is 0.0702. The van der Waals surface area contributed by atoms with Gasteiger partial charge in [0, 0.05) is 37.8 Å². The van der Waals surface area contributed by atoms with Crippen molar-refractivity contribution >= 4 is 50.5 Å². The van der Waals surface area contributed by atoms with Crippen LogP contribution in [0.5, 0.6) is 0 Å². The first-order valence-electron chi connectivity index (χ1n) is 5.94. The minimum Gasteiger partial charge on any atom is -0.477 e. The fourth-order valence-corrected chi connectivity index (χ4v) is 3.89. The molecule has 0 atom stereocenters. The number of hydrogen-bond donors (Lipinski definition) is 1. The Morgan fingerprint density at radius 3 is 2.40 bits per heavy atom. The standard InChI is InChI=1S/C11H11ClN4O2S2/c12-8-7(9(17)18)20-11(14-8)16-4-2-15(3-5-16)10-13-1-6-19-10/h1,6H,2-5H2,(H,17,18). The van der Waals surface area contributed by atoms with Crippen LogP contribution < -0.4 is 9.80 Å². The van der Waals surface area contributed by atoms with Gasteiger partial charge >= 0.3 is 5.97 Å². The zero-order valence-corrected chi connectivity index (χ0v) is 12.7. The number of carboxylic acids is 1. The van der Waals surface area contributed by atoms with Crippen LogP contribution in [0.25, 0.3) is 0 Å². The molecule has 1 fully saturated rings. The van der Waals surface area contributed by atoms with Crippen molar-refractivity contribution in [3.63, 3.8) is 0 Å². The Kier molecular flexibility index (Phi) is 3.77. The Labute approximate surface area is 128 Å². The van der Waals surface area contributed by atoms with Gasteiger partial charge in [0.25, 0.3) is 0 Å². The summed E-state index contributed by atoms with van der Waals surface area (Å²) in [7, 11) is 0. The van der Waals surface area contributed by atoms with E-state index in [1.165, 1.54) is 0 Å². The van der Waals surface area contributed by atoms with Crippen molar-refractivity contribution < 1.29 is 9.90 Å². The second kappa shape index (κ2) is 5.55. The molecular formula is C11H11ClN4O2S2. The van der Waals surface area contributed by atoms with Crippen molar-refractivity contribution in [2.45, 2.75) is 0 Å². The first kappa shape index (κ1) is 13.6. The second-order valence-corrected chi connectivity index (χ2v) is 6.42. The Morgan fingerprint density at radius 1 is 1.25 bits per heavy atom. The number of thiazole rings is 2. The van der Waals surface area contributed by atoms with E-state index in [2.05, 4.69) is 19.8 Å². The molecule has 1 saturated heterocycles. The lowest BCUT2D eigenvalue weighted by Crippen LogP contribution is -2.46. The molecule has 0 aromatic carbocycles. The summed E-state index contributed by atoms with van der Waals surface area (Å²) in [5, 5.41) is 12.7. The largest absolute Gasteiger partial charge is 0.477 e. The number of nitrogens with zero attached hydrogens (tertiary/aromatic N) is 4. The van der Waals surface area contributed by atoms with E-state index in [1.807, 2.05) is 5.38 Å². The number of anilines is 2. The van der Waals surface area contributed by atoms with E-state index in [0.717, 1.165) is 42.6 Å². The van der Waals surface area contributed by atoms with Crippen LogP contribution in [-0.4, -0.2) is 47.2 Å². The molecule has 2 aromatic heterocycles. The van der Waals surface area contributed by atoms with Crippen molar-refractivity contribution in [2.24, 2.45) is 0 Å². The SMILES string of the molecule is O=C(O)c1sc(N2CCN(c3nccs3)CC2)nc1Cl. The molecule has 20 heavy (non-hydrogen) atoms. The lowest BCUT2D eigenvalue weighted by Gasteiger charge is -2.34. The molecule has 0 amide bonds. The molecule has 0 radical (unpaired) electrons. The summed E-state index contributed by atoms with van der Waals surface area (Å²) < 4.78 is 0. The highest BCUT2D eigenvalue weighted by molar-refractivity contribution is 7.18. The van der Waals surface area contributed by atoms with Crippen molar-refractivity contribution in [1.82, 2.24) is 9.97 Å². The summed E-state index contributed by atoms with van der Waals surface area (Å²) >= 11 is 8.59. The first-order chi connectivity index (χ1) is 9.65. The van der Waals surface area contributed by atoms with Crippen LogP contribution in [0.2, 0.25) is 5.15 Å². The summed E-state index contributed by atoms with van der Waals surface area (Å²) in [4.78, 5) is 23.8. The number of halogens is 1. The van der Waals surface area contributed by atoms with Gasteiger partial charge in [-0.3, -0.25) is 0 Å². The molecule has 0 spiro atoms. The van der Waals surface area contributed by atoms with Gasteiger partial charge in [-0.1, -0.05) is 22.9 Å². The minimum atomic E-state index is -1.03. The van der Waals surface area contributed by atoms with Crippen molar-refractivity contribution in [3.8, 4) is 0 Å². The predicted molar refractivity (Wildman–Crippen MR) is 80.6 cm³/mol. The number of aromatic nitrogens is 2. The molecule has 0 unspecified atom stereocenters. The van der Waals surface area contributed by atoms with Crippen molar-refractivity contribution in [3.05, 3.63) is 21.6 Å². The predicted octanol–water partition coefficient (Wildman–Crippen LogP) is 2.28. The van der Waals surface area contributed by atoms with Crippen LogP contribution in [0.4, 0.5) is 10.3 Å². The van der Waals surface area contributed by atoms with E-state index in [4.69, 9.17) is 16.7 Å². The van der Waals surface area contributed by atoms with E-state index in [9.17, 15) is 4.79 Å². The maximum atomic E-state index is 11.0. The molecule has 3 rings (SSSR count). The third kappa shape index (κ3) is 2.58. The van der Waals surface area contributed by atoms with Crippen molar-refractivity contribution in [2.75, 3.05) is 36.0 Å². The highest BCUT2D eigenvalue weighted by Crippen LogP contribution is 2.30.